The molecule has 0 aliphatic carbocycles. The number of carbonyl (C=O) groups excluding carboxylic acids is 1. The lowest BCUT2D eigenvalue weighted by molar-refractivity contribution is 0.0626. The molecule has 150 valence electrons. The molecule has 7 heteroatoms. The molecule has 6 nitrogen and oxygen atoms in total. The Bertz CT molecular complexity index is 989. The van der Waals surface area contributed by atoms with E-state index in [1.165, 1.54) is 0 Å². The lowest BCUT2D eigenvalue weighted by atomic mass is 9.98. The molecule has 4 rings (SSSR count). The van der Waals surface area contributed by atoms with Crippen LogP contribution in [0.1, 0.15) is 29.0 Å². The number of nitrogens with zero attached hydrogens (tertiary/aromatic N) is 4. The fourth-order valence-electron chi connectivity index (χ4n) is 3.65. The molecule has 1 unspecified atom stereocenters. The lowest BCUT2D eigenvalue weighted by Crippen LogP contribution is -2.42. The summed E-state index contributed by atoms with van der Waals surface area (Å²) in [6, 6.07) is 17.1. The Morgan fingerprint density at radius 2 is 2.03 bits per heavy atom. The van der Waals surface area contributed by atoms with Gasteiger partial charge in [0.15, 0.2) is 5.69 Å². The Morgan fingerprint density at radius 3 is 2.83 bits per heavy atom. The van der Waals surface area contributed by atoms with Gasteiger partial charge in [-0.1, -0.05) is 41.1 Å². The number of para-hydroxylation sites is 1. The van der Waals surface area contributed by atoms with E-state index in [1.54, 1.807) is 16.8 Å². The smallest absolute Gasteiger partial charge is 0.276 e. The number of ether oxygens (including phenoxy) is 1. The van der Waals surface area contributed by atoms with Crippen molar-refractivity contribution in [3.05, 3.63) is 71.0 Å². The Labute approximate surface area is 175 Å². The Balaban J connectivity index is 1.44. The maximum Gasteiger partial charge on any atom is 0.276 e. The largest absolute Gasteiger partial charge is 0.493 e. The summed E-state index contributed by atoms with van der Waals surface area (Å²) in [5.41, 5.74) is 1.88. The third-order valence-corrected chi connectivity index (χ3v) is 5.42. The topological polar surface area (TPSA) is 60.3 Å². The fourth-order valence-corrected chi connectivity index (χ4v) is 3.83. The Hall–Kier alpha value is -2.86. The van der Waals surface area contributed by atoms with Crippen molar-refractivity contribution in [2.24, 2.45) is 5.92 Å². The van der Waals surface area contributed by atoms with E-state index in [1.807, 2.05) is 54.3 Å². The van der Waals surface area contributed by atoms with Crippen LogP contribution >= 0.6 is 11.6 Å². The van der Waals surface area contributed by atoms with Gasteiger partial charge in [0, 0.05) is 24.0 Å². The first-order valence-electron chi connectivity index (χ1n) is 9.77. The summed E-state index contributed by atoms with van der Waals surface area (Å²) in [7, 11) is 0. The molecule has 1 atom stereocenters. The molecule has 1 aliphatic rings. The van der Waals surface area contributed by atoms with E-state index in [2.05, 4.69) is 10.3 Å². The first-order valence-corrected chi connectivity index (χ1v) is 10.1. The van der Waals surface area contributed by atoms with Crippen molar-refractivity contribution in [3.8, 4) is 11.4 Å². The van der Waals surface area contributed by atoms with Gasteiger partial charge in [-0.15, -0.1) is 5.10 Å². The van der Waals surface area contributed by atoms with Crippen molar-refractivity contribution in [1.29, 1.82) is 0 Å². The van der Waals surface area contributed by atoms with Crippen LogP contribution in [0.2, 0.25) is 5.02 Å². The number of hydrogen-bond acceptors (Lipinski definition) is 4. The predicted octanol–water partition coefficient (Wildman–Crippen LogP) is 4.16. The molecule has 1 amide bonds. The van der Waals surface area contributed by atoms with Gasteiger partial charge in [0.1, 0.15) is 5.75 Å². The van der Waals surface area contributed by atoms with E-state index < -0.39 is 0 Å². The SMILES string of the molecule is Cc1c(C(=O)N2CCCC(COc3ccccc3)C2)nnn1-c1cccc(Cl)c1. The van der Waals surface area contributed by atoms with Crippen molar-refractivity contribution in [2.45, 2.75) is 19.8 Å². The molecule has 0 radical (unpaired) electrons. The standard InChI is InChI=1S/C22H23ClN4O2/c1-16-21(24-25-27(16)19-9-5-8-18(23)13-19)22(28)26-12-6-7-17(14-26)15-29-20-10-3-2-4-11-20/h2-5,8-11,13,17H,6-7,12,14-15H2,1H3. The van der Waals surface area contributed by atoms with Gasteiger partial charge in [0.05, 0.1) is 18.0 Å². The van der Waals surface area contributed by atoms with Gasteiger partial charge < -0.3 is 9.64 Å². The molecule has 2 aromatic carbocycles. The van der Waals surface area contributed by atoms with Gasteiger partial charge in [-0.05, 0) is 50.1 Å². The number of benzene rings is 2. The zero-order valence-electron chi connectivity index (χ0n) is 16.3. The van der Waals surface area contributed by atoms with Crippen molar-refractivity contribution < 1.29 is 9.53 Å². The van der Waals surface area contributed by atoms with Crippen molar-refractivity contribution in [2.75, 3.05) is 19.7 Å². The monoisotopic (exact) mass is 410 g/mol. The van der Waals surface area contributed by atoms with Crippen LogP contribution in [-0.4, -0.2) is 45.5 Å². The number of amides is 1. The second-order valence-electron chi connectivity index (χ2n) is 7.30. The number of piperidine rings is 1. The lowest BCUT2D eigenvalue weighted by Gasteiger charge is -2.32. The van der Waals surface area contributed by atoms with Gasteiger partial charge in [-0.25, -0.2) is 4.68 Å². The van der Waals surface area contributed by atoms with Crippen molar-refractivity contribution in [3.63, 3.8) is 0 Å². The number of aromatic nitrogens is 3. The van der Waals surface area contributed by atoms with E-state index in [9.17, 15) is 4.79 Å². The van der Waals surface area contributed by atoms with Crippen LogP contribution in [0.5, 0.6) is 5.75 Å². The normalized spacial score (nSPS) is 16.6. The molecule has 0 bridgehead atoms. The van der Waals surface area contributed by atoms with Gasteiger partial charge >= 0.3 is 0 Å². The van der Waals surface area contributed by atoms with Crippen molar-refractivity contribution in [1.82, 2.24) is 19.9 Å². The van der Waals surface area contributed by atoms with Crippen molar-refractivity contribution >= 4 is 17.5 Å². The van der Waals surface area contributed by atoms with Crippen LogP contribution < -0.4 is 4.74 Å². The molecule has 0 spiro atoms. The molecular weight excluding hydrogens is 388 g/mol. The summed E-state index contributed by atoms with van der Waals surface area (Å²) in [5, 5.41) is 8.95. The summed E-state index contributed by atoms with van der Waals surface area (Å²) < 4.78 is 7.55. The van der Waals surface area contributed by atoms with Crippen LogP contribution in [0.25, 0.3) is 5.69 Å². The minimum absolute atomic E-state index is 0.0832. The number of likely N-dealkylation sites (tertiary alicyclic amines) is 1. The first-order chi connectivity index (χ1) is 14.1. The Kier molecular flexibility index (Phi) is 5.81. The molecule has 1 aromatic heterocycles. The number of hydrogen-bond donors (Lipinski definition) is 0. The zero-order valence-corrected chi connectivity index (χ0v) is 17.0. The highest BCUT2D eigenvalue weighted by atomic mass is 35.5. The molecule has 1 aliphatic heterocycles. The minimum atomic E-state index is -0.0832. The van der Waals surface area contributed by atoms with Gasteiger partial charge in [0.2, 0.25) is 0 Å². The minimum Gasteiger partial charge on any atom is -0.493 e. The number of halogens is 1. The van der Waals surface area contributed by atoms with E-state index in [4.69, 9.17) is 16.3 Å². The van der Waals surface area contributed by atoms with E-state index >= 15 is 0 Å². The third kappa shape index (κ3) is 4.43. The van der Waals surface area contributed by atoms with Crippen LogP contribution in [0.15, 0.2) is 54.6 Å². The maximum absolute atomic E-state index is 13.1. The molecule has 1 saturated heterocycles. The predicted molar refractivity (Wildman–Crippen MR) is 112 cm³/mol. The van der Waals surface area contributed by atoms with Gasteiger partial charge in [-0.3, -0.25) is 4.79 Å². The zero-order chi connectivity index (χ0) is 20.2. The quantitative estimate of drug-likeness (QED) is 0.633. The van der Waals surface area contributed by atoms with Crippen LogP contribution in [-0.2, 0) is 0 Å². The highest BCUT2D eigenvalue weighted by Crippen LogP contribution is 2.22. The summed E-state index contributed by atoms with van der Waals surface area (Å²) >= 11 is 6.08. The number of rotatable bonds is 5. The molecule has 29 heavy (non-hydrogen) atoms. The molecule has 0 N–H and O–H groups in total. The third-order valence-electron chi connectivity index (χ3n) is 5.19. The average molecular weight is 411 g/mol. The second-order valence-corrected chi connectivity index (χ2v) is 7.74. The Morgan fingerprint density at radius 1 is 1.21 bits per heavy atom. The summed E-state index contributed by atoms with van der Waals surface area (Å²) in [5.74, 6) is 1.08. The van der Waals surface area contributed by atoms with Crippen LogP contribution in [0.3, 0.4) is 0 Å². The van der Waals surface area contributed by atoms with Crippen LogP contribution in [0, 0.1) is 12.8 Å². The first kappa shape index (κ1) is 19.5. The van der Waals surface area contributed by atoms with Crippen LogP contribution in [0.4, 0.5) is 0 Å². The molecular formula is C22H23ClN4O2. The fraction of sp³-hybridized carbons (Fsp3) is 0.318. The second kappa shape index (κ2) is 8.66. The van der Waals surface area contributed by atoms with Gasteiger partial charge in [-0.2, -0.15) is 0 Å². The molecule has 0 saturated carbocycles. The van der Waals surface area contributed by atoms with E-state index in [0.717, 1.165) is 30.8 Å². The summed E-state index contributed by atoms with van der Waals surface area (Å²) in [6.07, 6.45) is 2.00. The average Bonchev–Trinajstić information content (AvgIpc) is 3.14. The molecule has 1 fully saturated rings. The highest BCUT2D eigenvalue weighted by Gasteiger charge is 2.28. The molecule has 2 heterocycles. The van der Waals surface area contributed by atoms with E-state index in [0.29, 0.717) is 35.5 Å². The molecule has 3 aromatic rings. The van der Waals surface area contributed by atoms with Gasteiger partial charge in [0.25, 0.3) is 5.91 Å². The maximum atomic E-state index is 13.1. The summed E-state index contributed by atoms with van der Waals surface area (Å²) in [4.78, 5) is 15.0. The highest BCUT2D eigenvalue weighted by molar-refractivity contribution is 6.30. The number of carbonyl (C=O) groups is 1. The summed E-state index contributed by atoms with van der Waals surface area (Å²) in [6.45, 7) is 3.84. The van der Waals surface area contributed by atoms with E-state index in [-0.39, 0.29) is 5.91 Å².